The molecule has 0 radical (unpaired) electrons. The van der Waals surface area contributed by atoms with Gasteiger partial charge in [0.25, 0.3) is 0 Å². The molecule has 1 aromatic heterocycles. The van der Waals surface area contributed by atoms with Crippen molar-refractivity contribution in [2.24, 2.45) is 0 Å². The van der Waals surface area contributed by atoms with Crippen LogP contribution in [0, 0.1) is 6.92 Å². The van der Waals surface area contributed by atoms with Gasteiger partial charge in [-0.2, -0.15) is 0 Å². The van der Waals surface area contributed by atoms with Crippen molar-refractivity contribution in [2.75, 3.05) is 0 Å². The van der Waals surface area contributed by atoms with Crippen LogP contribution in [0.15, 0.2) is 47.4 Å². The highest BCUT2D eigenvalue weighted by atomic mass is 16.4. The Bertz CT molecular complexity index is 644. The molecule has 19 heavy (non-hydrogen) atoms. The number of aromatic nitrogens is 1. The van der Waals surface area contributed by atoms with Gasteiger partial charge in [0.15, 0.2) is 5.43 Å². The quantitative estimate of drug-likeness (QED) is 0.912. The van der Waals surface area contributed by atoms with Gasteiger partial charge in [-0.05, 0) is 18.9 Å². The molecule has 1 aromatic carbocycles. The van der Waals surface area contributed by atoms with Crippen LogP contribution in [0.3, 0.4) is 0 Å². The van der Waals surface area contributed by atoms with E-state index >= 15 is 0 Å². The number of nitrogens with zero attached hydrogens (tertiary/aromatic N) is 1. The largest absolute Gasteiger partial charge is 0.477 e. The maximum absolute atomic E-state index is 11.5. The van der Waals surface area contributed by atoms with Crippen molar-refractivity contribution in [2.45, 2.75) is 19.9 Å². The second kappa shape index (κ2) is 5.52. The molecule has 98 valence electrons. The molecule has 0 saturated heterocycles. The zero-order valence-electron chi connectivity index (χ0n) is 10.7. The van der Waals surface area contributed by atoms with E-state index in [1.165, 1.54) is 17.8 Å². The lowest BCUT2D eigenvalue weighted by atomic mass is 10.1. The van der Waals surface area contributed by atoms with E-state index in [1.807, 2.05) is 30.3 Å². The number of hydrogen-bond acceptors (Lipinski definition) is 2. The Balaban J connectivity index is 2.23. The Morgan fingerprint density at radius 2 is 1.95 bits per heavy atom. The van der Waals surface area contributed by atoms with Crippen LogP contribution in [-0.2, 0) is 13.0 Å². The number of hydrogen-bond donors (Lipinski definition) is 1. The van der Waals surface area contributed by atoms with Crippen molar-refractivity contribution < 1.29 is 9.90 Å². The van der Waals surface area contributed by atoms with Crippen LogP contribution < -0.4 is 5.43 Å². The van der Waals surface area contributed by atoms with Crippen molar-refractivity contribution in [3.05, 3.63) is 69.6 Å². The van der Waals surface area contributed by atoms with E-state index in [2.05, 4.69) is 0 Å². The Kier molecular flexibility index (Phi) is 3.80. The second-order valence-corrected chi connectivity index (χ2v) is 4.43. The predicted octanol–water partition coefficient (Wildman–Crippen LogP) is 2.10. The Labute approximate surface area is 110 Å². The first kappa shape index (κ1) is 13.1. The number of pyridine rings is 1. The van der Waals surface area contributed by atoms with E-state index < -0.39 is 11.4 Å². The Hall–Kier alpha value is -2.36. The van der Waals surface area contributed by atoms with Gasteiger partial charge in [-0.15, -0.1) is 0 Å². The highest BCUT2D eigenvalue weighted by Crippen LogP contribution is 2.05. The normalized spacial score (nSPS) is 10.4. The van der Waals surface area contributed by atoms with Crippen molar-refractivity contribution in [3.63, 3.8) is 0 Å². The average Bonchev–Trinajstić information content (AvgIpc) is 2.38. The fourth-order valence-electron chi connectivity index (χ4n) is 1.97. The highest BCUT2D eigenvalue weighted by Gasteiger charge is 2.10. The lowest BCUT2D eigenvalue weighted by Gasteiger charge is -2.11. The van der Waals surface area contributed by atoms with Crippen LogP contribution in [0.4, 0.5) is 0 Å². The first-order chi connectivity index (χ1) is 9.08. The minimum atomic E-state index is -1.18. The molecule has 0 bridgehead atoms. The molecule has 1 heterocycles. The van der Waals surface area contributed by atoms with Gasteiger partial charge in [0.05, 0.1) is 0 Å². The zero-order chi connectivity index (χ0) is 13.8. The maximum atomic E-state index is 11.5. The molecular formula is C15H15NO3. The number of aromatic carboxylic acids is 1. The summed E-state index contributed by atoms with van der Waals surface area (Å²) in [7, 11) is 0. The van der Waals surface area contributed by atoms with E-state index in [0.717, 1.165) is 12.1 Å². The average molecular weight is 257 g/mol. The van der Waals surface area contributed by atoms with E-state index in [9.17, 15) is 9.59 Å². The predicted molar refractivity (Wildman–Crippen MR) is 72.5 cm³/mol. The maximum Gasteiger partial charge on any atom is 0.341 e. The Morgan fingerprint density at radius 3 is 2.58 bits per heavy atom. The monoisotopic (exact) mass is 257 g/mol. The molecule has 0 saturated carbocycles. The molecule has 0 amide bonds. The summed E-state index contributed by atoms with van der Waals surface area (Å²) < 4.78 is 1.80. The lowest BCUT2D eigenvalue weighted by molar-refractivity contribution is 0.0694. The Morgan fingerprint density at radius 1 is 1.26 bits per heavy atom. The molecule has 0 unspecified atom stereocenters. The minimum Gasteiger partial charge on any atom is -0.477 e. The number of carboxylic acid groups (broad SMARTS) is 1. The van der Waals surface area contributed by atoms with Crippen LogP contribution in [0.1, 0.15) is 21.6 Å². The number of carbonyl (C=O) groups is 1. The summed E-state index contributed by atoms with van der Waals surface area (Å²) in [6.45, 7) is 2.45. The van der Waals surface area contributed by atoms with E-state index in [-0.39, 0.29) is 5.56 Å². The molecule has 2 rings (SSSR count). The minimum absolute atomic E-state index is 0.182. The summed E-state index contributed by atoms with van der Waals surface area (Å²) in [4.78, 5) is 22.5. The standard InChI is InChI=1S/C15H15NO3/c1-11-9-14(17)13(15(18)19)10-16(11)8-7-12-5-3-2-4-6-12/h2-6,9-10H,7-8H2,1H3,(H,18,19). The van der Waals surface area contributed by atoms with Crippen LogP contribution in [0.5, 0.6) is 0 Å². The van der Waals surface area contributed by atoms with Crippen molar-refractivity contribution >= 4 is 5.97 Å². The van der Waals surface area contributed by atoms with E-state index in [0.29, 0.717) is 6.54 Å². The summed E-state index contributed by atoms with van der Waals surface area (Å²) >= 11 is 0. The lowest BCUT2D eigenvalue weighted by Crippen LogP contribution is -2.19. The number of carboxylic acids is 1. The van der Waals surface area contributed by atoms with Gasteiger partial charge in [0, 0.05) is 24.5 Å². The first-order valence-electron chi connectivity index (χ1n) is 6.06. The number of aryl methyl sites for hydroxylation is 3. The fourth-order valence-corrected chi connectivity index (χ4v) is 1.97. The molecule has 0 aliphatic heterocycles. The van der Waals surface area contributed by atoms with Crippen molar-refractivity contribution in [1.82, 2.24) is 4.57 Å². The third kappa shape index (κ3) is 3.10. The molecule has 2 aromatic rings. The zero-order valence-corrected chi connectivity index (χ0v) is 10.7. The van der Waals surface area contributed by atoms with Gasteiger partial charge >= 0.3 is 5.97 Å². The second-order valence-electron chi connectivity index (χ2n) is 4.43. The molecule has 0 spiro atoms. The summed E-state index contributed by atoms with van der Waals surface area (Å²) in [6, 6.07) is 11.3. The van der Waals surface area contributed by atoms with Gasteiger partial charge in [0.2, 0.25) is 0 Å². The SMILES string of the molecule is Cc1cc(=O)c(C(=O)O)cn1CCc1ccccc1. The smallest absolute Gasteiger partial charge is 0.341 e. The van der Waals surface area contributed by atoms with Crippen LogP contribution in [-0.4, -0.2) is 15.6 Å². The topological polar surface area (TPSA) is 59.3 Å². The van der Waals surface area contributed by atoms with E-state index in [4.69, 9.17) is 5.11 Å². The van der Waals surface area contributed by atoms with Gasteiger partial charge in [-0.1, -0.05) is 30.3 Å². The molecule has 0 aliphatic rings. The van der Waals surface area contributed by atoms with Crippen LogP contribution in [0.2, 0.25) is 0 Å². The summed E-state index contributed by atoms with van der Waals surface area (Å²) in [6.07, 6.45) is 2.21. The summed E-state index contributed by atoms with van der Waals surface area (Å²) in [5, 5.41) is 8.95. The van der Waals surface area contributed by atoms with Gasteiger partial charge in [-0.25, -0.2) is 4.79 Å². The third-order valence-electron chi connectivity index (χ3n) is 3.06. The number of benzene rings is 1. The van der Waals surface area contributed by atoms with Gasteiger partial charge < -0.3 is 9.67 Å². The van der Waals surface area contributed by atoms with Crippen molar-refractivity contribution in [3.8, 4) is 0 Å². The summed E-state index contributed by atoms with van der Waals surface area (Å²) in [5.74, 6) is -1.18. The molecule has 4 nitrogen and oxygen atoms in total. The fraction of sp³-hybridized carbons (Fsp3) is 0.200. The molecular weight excluding hydrogens is 242 g/mol. The molecule has 0 atom stereocenters. The number of rotatable bonds is 4. The van der Waals surface area contributed by atoms with Gasteiger partial charge in [0.1, 0.15) is 5.56 Å². The summed E-state index contributed by atoms with van der Waals surface area (Å²) in [5.41, 5.74) is 1.32. The van der Waals surface area contributed by atoms with Crippen LogP contribution >= 0.6 is 0 Å². The first-order valence-corrected chi connectivity index (χ1v) is 6.06. The molecule has 1 N–H and O–H groups in total. The molecule has 0 fully saturated rings. The highest BCUT2D eigenvalue weighted by molar-refractivity contribution is 5.87. The molecule has 0 aliphatic carbocycles. The molecule has 4 heteroatoms. The third-order valence-corrected chi connectivity index (χ3v) is 3.06. The van der Waals surface area contributed by atoms with Gasteiger partial charge in [-0.3, -0.25) is 4.79 Å². The van der Waals surface area contributed by atoms with Crippen molar-refractivity contribution in [1.29, 1.82) is 0 Å². The van der Waals surface area contributed by atoms with Crippen LogP contribution in [0.25, 0.3) is 0 Å². The van der Waals surface area contributed by atoms with E-state index in [1.54, 1.807) is 11.5 Å².